The molecular weight excluding hydrogens is 214 g/mol. The van der Waals surface area contributed by atoms with Gasteiger partial charge in [-0.1, -0.05) is 30.3 Å². The number of carbonyl (C=O) groups is 1. The van der Waals surface area contributed by atoms with Crippen molar-refractivity contribution in [3.05, 3.63) is 59.7 Å². The Labute approximate surface area is 98.7 Å². The molecule has 0 spiro atoms. The first kappa shape index (κ1) is 10.1. The van der Waals surface area contributed by atoms with Gasteiger partial charge in [0.05, 0.1) is 0 Å². The molecule has 17 heavy (non-hydrogen) atoms. The minimum atomic E-state index is -1.10. The number of para-hydroxylation sites is 2. The normalized spacial score (nSPS) is 17.7. The van der Waals surface area contributed by atoms with Gasteiger partial charge in [0.25, 0.3) is 0 Å². The fourth-order valence-corrected chi connectivity index (χ4v) is 2.09. The summed E-state index contributed by atoms with van der Waals surface area (Å²) < 4.78 is 0. The van der Waals surface area contributed by atoms with Crippen molar-refractivity contribution in [2.75, 3.05) is 5.32 Å². The van der Waals surface area contributed by atoms with Gasteiger partial charge in [-0.25, -0.2) is 0 Å². The summed E-state index contributed by atoms with van der Waals surface area (Å²) >= 11 is 0. The number of aliphatic hydroxyl groups excluding tert-OH is 1. The van der Waals surface area contributed by atoms with E-state index in [-0.39, 0.29) is 5.78 Å². The summed E-state index contributed by atoms with van der Waals surface area (Å²) in [6.45, 7) is 0. The number of rotatable bonds is 0. The maximum atomic E-state index is 12.1. The van der Waals surface area contributed by atoms with Crippen molar-refractivity contribution in [3.8, 4) is 0 Å². The van der Waals surface area contributed by atoms with Gasteiger partial charge in [-0.15, -0.1) is 0 Å². The Balaban J connectivity index is 2.24. The van der Waals surface area contributed by atoms with Crippen molar-refractivity contribution < 1.29 is 9.90 Å². The van der Waals surface area contributed by atoms with Gasteiger partial charge in [0, 0.05) is 22.5 Å². The molecule has 2 aromatic carbocycles. The molecule has 0 fully saturated rings. The van der Waals surface area contributed by atoms with E-state index >= 15 is 0 Å². The molecule has 1 unspecified atom stereocenters. The van der Waals surface area contributed by atoms with Crippen molar-refractivity contribution >= 4 is 17.2 Å². The van der Waals surface area contributed by atoms with E-state index in [0.29, 0.717) is 11.1 Å². The van der Waals surface area contributed by atoms with E-state index < -0.39 is 6.10 Å². The van der Waals surface area contributed by atoms with Crippen molar-refractivity contribution in [2.45, 2.75) is 6.10 Å². The fraction of sp³-hybridized carbons (Fsp3) is 0.0714. The molecule has 3 nitrogen and oxygen atoms in total. The quantitative estimate of drug-likeness (QED) is 0.724. The lowest BCUT2D eigenvalue weighted by atomic mass is 10.0. The maximum absolute atomic E-state index is 12.1. The predicted octanol–water partition coefficient (Wildman–Crippen LogP) is 2.66. The summed E-state index contributed by atoms with van der Waals surface area (Å²) in [5, 5.41) is 13.3. The van der Waals surface area contributed by atoms with Crippen LogP contribution in [0.15, 0.2) is 48.5 Å². The molecule has 3 heteroatoms. The first-order valence-corrected chi connectivity index (χ1v) is 5.44. The van der Waals surface area contributed by atoms with Crippen LogP contribution in [0.5, 0.6) is 0 Å². The molecule has 0 radical (unpaired) electrons. The molecule has 0 amide bonds. The van der Waals surface area contributed by atoms with E-state index in [0.717, 1.165) is 11.4 Å². The summed E-state index contributed by atoms with van der Waals surface area (Å²) in [4.78, 5) is 12.1. The highest BCUT2D eigenvalue weighted by molar-refractivity contribution is 6.07. The first-order valence-electron chi connectivity index (χ1n) is 5.44. The molecule has 1 aliphatic heterocycles. The summed E-state index contributed by atoms with van der Waals surface area (Å²) in [7, 11) is 0. The first-order chi connectivity index (χ1) is 8.27. The zero-order chi connectivity index (χ0) is 11.8. The number of aliphatic hydroxyl groups is 1. The Morgan fingerprint density at radius 3 is 2.41 bits per heavy atom. The van der Waals surface area contributed by atoms with Gasteiger partial charge in [-0.2, -0.15) is 0 Å². The average Bonchev–Trinajstić information content (AvgIpc) is 2.48. The van der Waals surface area contributed by atoms with Crippen molar-refractivity contribution in [1.82, 2.24) is 0 Å². The maximum Gasteiger partial charge on any atom is 0.197 e. The van der Waals surface area contributed by atoms with Crippen LogP contribution >= 0.6 is 0 Å². The molecular formula is C14H11NO2. The minimum Gasteiger partial charge on any atom is -0.380 e. The van der Waals surface area contributed by atoms with Gasteiger partial charge < -0.3 is 10.4 Å². The molecule has 1 heterocycles. The van der Waals surface area contributed by atoms with E-state index in [9.17, 15) is 9.90 Å². The number of Topliss-reactive ketones (excluding diaryl/α,β-unsaturated/α-hetero) is 1. The molecule has 84 valence electrons. The molecule has 2 N–H and O–H groups in total. The number of ketones is 1. The molecule has 1 atom stereocenters. The molecule has 0 saturated heterocycles. The van der Waals surface area contributed by atoms with Crippen LogP contribution in [0.2, 0.25) is 0 Å². The summed E-state index contributed by atoms with van der Waals surface area (Å²) in [5.41, 5.74) is 2.66. The number of anilines is 2. The molecule has 0 aliphatic carbocycles. The third-order valence-corrected chi connectivity index (χ3v) is 2.97. The van der Waals surface area contributed by atoms with Crippen molar-refractivity contribution in [1.29, 1.82) is 0 Å². The number of carbonyl (C=O) groups excluding carboxylic acids is 1. The highest BCUT2D eigenvalue weighted by Gasteiger charge is 2.27. The van der Waals surface area contributed by atoms with Crippen LogP contribution in [0.4, 0.5) is 11.4 Å². The van der Waals surface area contributed by atoms with Gasteiger partial charge >= 0.3 is 0 Å². The minimum absolute atomic E-state index is 0.266. The SMILES string of the molecule is O=C1c2ccccc2Nc2ccccc2C1O. The van der Waals surface area contributed by atoms with Gasteiger partial charge in [0.1, 0.15) is 6.10 Å². The highest BCUT2D eigenvalue weighted by atomic mass is 16.3. The van der Waals surface area contributed by atoms with E-state index in [2.05, 4.69) is 5.32 Å². The van der Waals surface area contributed by atoms with Crippen LogP contribution in [0.25, 0.3) is 0 Å². The Kier molecular flexibility index (Phi) is 2.20. The lowest BCUT2D eigenvalue weighted by molar-refractivity contribution is 0.0751. The lowest BCUT2D eigenvalue weighted by Crippen LogP contribution is -2.10. The van der Waals surface area contributed by atoms with Crippen LogP contribution < -0.4 is 5.32 Å². The lowest BCUT2D eigenvalue weighted by Gasteiger charge is -2.09. The second kappa shape index (κ2) is 3.71. The van der Waals surface area contributed by atoms with Crippen molar-refractivity contribution in [3.63, 3.8) is 0 Å². The number of benzene rings is 2. The van der Waals surface area contributed by atoms with Crippen LogP contribution in [0.1, 0.15) is 22.0 Å². The zero-order valence-corrected chi connectivity index (χ0v) is 9.05. The highest BCUT2D eigenvalue weighted by Crippen LogP contribution is 2.34. The Morgan fingerprint density at radius 1 is 0.941 bits per heavy atom. The summed E-state index contributed by atoms with van der Waals surface area (Å²) in [5.74, 6) is -0.266. The second-order valence-corrected chi connectivity index (χ2v) is 4.02. The molecule has 2 aromatic rings. The largest absolute Gasteiger partial charge is 0.380 e. The van der Waals surface area contributed by atoms with E-state index in [1.807, 2.05) is 30.3 Å². The number of fused-ring (bicyclic) bond motifs is 2. The number of hydrogen-bond acceptors (Lipinski definition) is 3. The van der Waals surface area contributed by atoms with Crippen LogP contribution in [0, 0.1) is 0 Å². The van der Waals surface area contributed by atoms with Gasteiger partial charge in [-0.05, 0) is 18.2 Å². The molecule has 0 bridgehead atoms. The summed E-state index contributed by atoms with van der Waals surface area (Å²) in [6, 6.07) is 14.5. The standard InChI is InChI=1S/C14H11NO2/c16-13-9-5-1-3-7-11(9)15-12-8-4-2-6-10(12)14(13)17/h1-8,13,15-16H. The number of nitrogens with one attached hydrogen (secondary N) is 1. The van der Waals surface area contributed by atoms with E-state index in [1.54, 1.807) is 18.2 Å². The van der Waals surface area contributed by atoms with Gasteiger partial charge in [0.15, 0.2) is 5.78 Å². The molecule has 0 aromatic heterocycles. The van der Waals surface area contributed by atoms with E-state index in [1.165, 1.54) is 0 Å². The molecule has 3 rings (SSSR count). The Morgan fingerprint density at radius 2 is 1.59 bits per heavy atom. The molecule has 0 saturated carbocycles. The van der Waals surface area contributed by atoms with Crippen LogP contribution in [0.3, 0.4) is 0 Å². The van der Waals surface area contributed by atoms with Gasteiger partial charge in [-0.3, -0.25) is 4.79 Å². The van der Waals surface area contributed by atoms with Crippen LogP contribution in [-0.2, 0) is 0 Å². The van der Waals surface area contributed by atoms with E-state index in [4.69, 9.17) is 0 Å². The predicted molar refractivity (Wildman–Crippen MR) is 65.5 cm³/mol. The molecule has 1 aliphatic rings. The Bertz CT molecular complexity index is 592. The fourth-order valence-electron chi connectivity index (χ4n) is 2.09. The summed E-state index contributed by atoms with van der Waals surface area (Å²) in [6.07, 6.45) is -1.10. The van der Waals surface area contributed by atoms with Gasteiger partial charge in [0.2, 0.25) is 0 Å². The second-order valence-electron chi connectivity index (χ2n) is 4.02. The topological polar surface area (TPSA) is 49.3 Å². The average molecular weight is 225 g/mol. The number of hydrogen-bond donors (Lipinski definition) is 2. The third-order valence-electron chi connectivity index (χ3n) is 2.97. The smallest absolute Gasteiger partial charge is 0.197 e. The monoisotopic (exact) mass is 225 g/mol. The van der Waals surface area contributed by atoms with Crippen molar-refractivity contribution in [2.24, 2.45) is 0 Å². The Hall–Kier alpha value is -2.13. The zero-order valence-electron chi connectivity index (χ0n) is 9.05. The third kappa shape index (κ3) is 1.52. The van der Waals surface area contributed by atoms with Crippen LogP contribution in [-0.4, -0.2) is 10.9 Å².